The number of nitrogens with zero attached hydrogens (tertiary/aromatic N) is 4. The van der Waals surface area contributed by atoms with E-state index in [1.54, 1.807) is 24.3 Å². The number of fused-ring (bicyclic) bond motifs is 2. The van der Waals surface area contributed by atoms with Gasteiger partial charge >= 0.3 is 10.2 Å². The molecule has 0 saturated carbocycles. The molecule has 0 atom stereocenters. The second-order valence-corrected chi connectivity index (χ2v) is 9.56. The van der Waals surface area contributed by atoms with Crippen molar-refractivity contribution in [3.05, 3.63) is 54.1 Å². The first-order valence-corrected chi connectivity index (χ1v) is 11.7. The Hall–Kier alpha value is -4.10. The summed E-state index contributed by atoms with van der Waals surface area (Å²) < 4.78 is 39.3. The minimum Gasteiger partial charge on any atom is -0.454 e. The Balaban J connectivity index is 1.41. The molecule has 3 heterocycles. The number of pyridine rings is 1. The highest BCUT2D eigenvalue weighted by atomic mass is 32.2. The molecule has 0 spiro atoms. The summed E-state index contributed by atoms with van der Waals surface area (Å²) in [7, 11) is -0.842. The number of ether oxygens (including phenoxy) is 2. The monoisotopic (exact) mass is 482 g/mol. The quantitative estimate of drug-likeness (QED) is 0.298. The molecule has 0 amide bonds. The lowest BCUT2D eigenvalue weighted by atomic mass is 10.2. The smallest absolute Gasteiger partial charge is 0.301 e. The van der Waals surface area contributed by atoms with E-state index in [1.165, 1.54) is 14.1 Å². The predicted molar refractivity (Wildman–Crippen MR) is 128 cm³/mol. The zero-order valence-corrected chi connectivity index (χ0v) is 19.2. The number of hydrogen-bond donors (Lipinski definition) is 4. The van der Waals surface area contributed by atoms with Gasteiger partial charge in [0.15, 0.2) is 17.3 Å². The van der Waals surface area contributed by atoms with E-state index >= 15 is 0 Å². The third-order valence-electron chi connectivity index (χ3n) is 5.10. The third-order valence-corrected chi connectivity index (χ3v) is 6.54. The highest BCUT2D eigenvalue weighted by molar-refractivity contribution is 7.90. The van der Waals surface area contributed by atoms with Crippen LogP contribution in [0.15, 0.2) is 48.5 Å². The van der Waals surface area contributed by atoms with Gasteiger partial charge < -0.3 is 20.1 Å². The molecule has 4 N–H and O–H groups in total. The van der Waals surface area contributed by atoms with Crippen LogP contribution < -0.4 is 24.8 Å². The van der Waals surface area contributed by atoms with Crippen molar-refractivity contribution in [3.8, 4) is 11.5 Å². The summed E-state index contributed by atoms with van der Waals surface area (Å²) in [5.41, 5.74) is 3.33. The van der Waals surface area contributed by atoms with E-state index in [2.05, 4.69) is 35.8 Å². The Kier molecular flexibility index (Phi) is 5.55. The normalized spacial score (nSPS) is 12.8. The first-order chi connectivity index (χ1) is 16.4. The van der Waals surface area contributed by atoms with Crippen molar-refractivity contribution in [1.82, 2.24) is 24.7 Å². The molecule has 1 aliphatic rings. The molecule has 5 rings (SSSR count). The van der Waals surface area contributed by atoms with Crippen molar-refractivity contribution < 1.29 is 17.9 Å². The Morgan fingerprint density at radius 3 is 2.68 bits per heavy atom. The fourth-order valence-corrected chi connectivity index (χ4v) is 3.89. The Labute approximate surface area is 195 Å². The maximum atomic E-state index is 12.4. The Morgan fingerprint density at radius 1 is 1.00 bits per heavy atom. The van der Waals surface area contributed by atoms with E-state index < -0.39 is 10.2 Å². The maximum absolute atomic E-state index is 12.4. The van der Waals surface area contributed by atoms with Gasteiger partial charge in [0.1, 0.15) is 16.9 Å². The van der Waals surface area contributed by atoms with Gasteiger partial charge in [0.2, 0.25) is 6.79 Å². The zero-order chi connectivity index (χ0) is 23.7. The summed E-state index contributed by atoms with van der Waals surface area (Å²) in [5, 5.41) is 17.1. The average molecular weight is 483 g/mol. The van der Waals surface area contributed by atoms with Gasteiger partial charge in [0.25, 0.3) is 0 Å². The first-order valence-electron chi connectivity index (χ1n) is 10.3. The van der Waals surface area contributed by atoms with Crippen molar-refractivity contribution in [1.29, 1.82) is 0 Å². The minimum absolute atomic E-state index is 0.216. The Bertz CT molecular complexity index is 1450. The van der Waals surface area contributed by atoms with Gasteiger partial charge in [-0.25, -0.2) is 4.98 Å². The second-order valence-electron chi connectivity index (χ2n) is 7.68. The lowest BCUT2D eigenvalue weighted by Crippen LogP contribution is -2.29. The molecule has 0 unspecified atom stereocenters. The minimum atomic E-state index is -3.74. The van der Waals surface area contributed by atoms with Gasteiger partial charge in [-0.2, -0.15) is 28.1 Å². The van der Waals surface area contributed by atoms with Crippen LogP contribution in [0.5, 0.6) is 11.5 Å². The molecule has 0 bridgehead atoms. The molecule has 0 radical (unpaired) electrons. The molecule has 4 aromatic rings. The molecule has 2 aromatic carbocycles. The van der Waals surface area contributed by atoms with E-state index in [0.717, 1.165) is 15.6 Å². The highest BCUT2D eigenvalue weighted by Crippen LogP contribution is 2.33. The molecule has 2 aromatic heterocycles. The molecular weight excluding hydrogens is 460 g/mol. The van der Waals surface area contributed by atoms with Crippen LogP contribution in [0, 0.1) is 0 Å². The Morgan fingerprint density at radius 2 is 1.82 bits per heavy atom. The number of benzene rings is 2. The number of hydrogen-bond acceptors (Lipinski definition) is 9. The number of H-pyrrole nitrogens is 1. The van der Waals surface area contributed by atoms with Crippen molar-refractivity contribution in [2.45, 2.75) is 6.54 Å². The van der Waals surface area contributed by atoms with E-state index in [1.807, 2.05) is 24.3 Å². The molecule has 13 heteroatoms. The lowest BCUT2D eigenvalue weighted by Gasteiger charge is -2.17. The molecule has 34 heavy (non-hydrogen) atoms. The van der Waals surface area contributed by atoms with Crippen LogP contribution in [0.3, 0.4) is 0 Å². The summed E-state index contributed by atoms with van der Waals surface area (Å²) in [6.07, 6.45) is 0. The first kappa shape index (κ1) is 21.7. The molecule has 0 fully saturated rings. The van der Waals surface area contributed by atoms with Crippen LogP contribution in [-0.2, 0) is 16.8 Å². The fraction of sp³-hybridized carbons (Fsp3) is 0.190. The van der Waals surface area contributed by atoms with E-state index in [9.17, 15) is 8.42 Å². The molecular formula is C21H22N8O4S. The van der Waals surface area contributed by atoms with Gasteiger partial charge in [0, 0.05) is 26.3 Å². The molecule has 0 saturated heterocycles. The molecule has 12 nitrogen and oxygen atoms in total. The van der Waals surface area contributed by atoms with Gasteiger partial charge in [-0.15, -0.1) is 0 Å². The number of aromatic nitrogens is 4. The van der Waals surface area contributed by atoms with Crippen LogP contribution in [0.2, 0.25) is 0 Å². The van der Waals surface area contributed by atoms with Crippen LogP contribution in [0.25, 0.3) is 11.0 Å². The van der Waals surface area contributed by atoms with Crippen LogP contribution in [0.1, 0.15) is 5.56 Å². The average Bonchev–Trinajstić information content (AvgIpc) is 3.47. The standard InChI is InChI=1S/C21H22N8O4S/c1-29(2)34(30,31)27-16-6-8-20(22-11-13-3-7-18-19(9-13)33-12-32-18)24-21(16)23-14-4-5-15-17(10-14)26-28-25-15/h3-10,27H,11-12H2,1-2H3,(H2,22,23,24)(H,25,26,28). The summed E-state index contributed by atoms with van der Waals surface area (Å²) >= 11 is 0. The second kappa shape index (κ2) is 8.68. The fourth-order valence-electron chi connectivity index (χ4n) is 3.26. The van der Waals surface area contributed by atoms with Crippen molar-refractivity contribution >= 4 is 44.3 Å². The maximum Gasteiger partial charge on any atom is 0.301 e. The predicted octanol–water partition coefficient (Wildman–Crippen LogP) is 2.66. The zero-order valence-electron chi connectivity index (χ0n) is 18.4. The van der Waals surface area contributed by atoms with Crippen LogP contribution in [-0.4, -0.2) is 54.0 Å². The topological polar surface area (TPSA) is 146 Å². The third kappa shape index (κ3) is 4.51. The highest BCUT2D eigenvalue weighted by Gasteiger charge is 2.18. The summed E-state index contributed by atoms with van der Waals surface area (Å²) in [4.78, 5) is 4.60. The molecule has 1 aliphatic heterocycles. The summed E-state index contributed by atoms with van der Waals surface area (Å²) in [6, 6.07) is 14.4. The number of nitrogens with one attached hydrogen (secondary N) is 4. The van der Waals surface area contributed by atoms with Gasteiger partial charge in [0.05, 0.1) is 5.69 Å². The van der Waals surface area contributed by atoms with Gasteiger partial charge in [-0.05, 0) is 48.0 Å². The van der Waals surface area contributed by atoms with Crippen molar-refractivity contribution in [3.63, 3.8) is 0 Å². The summed E-state index contributed by atoms with van der Waals surface area (Å²) in [5.74, 6) is 2.29. The SMILES string of the molecule is CN(C)S(=O)(=O)Nc1ccc(NCc2ccc3c(c2)OCO3)nc1Nc1ccc2n[nH]nc2c1. The summed E-state index contributed by atoms with van der Waals surface area (Å²) in [6.45, 7) is 0.698. The molecule has 176 valence electrons. The van der Waals surface area contributed by atoms with Crippen molar-refractivity contribution in [2.24, 2.45) is 0 Å². The lowest BCUT2D eigenvalue weighted by molar-refractivity contribution is 0.174. The van der Waals surface area contributed by atoms with Crippen LogP contribution >= 0.6 is 0 Å². The van der Waals surface area contributed by atoms with Gasteiger partial charge in [-0.3, -0.25) is 4.72 Å². The number of anilines is 4. The van der Waals surface area contributed by atoms with E-state index in [4.69, 9.17) is 9.47 Å². The number of aromatic amines is 1. The van der Waals surface area contributed by atoms with Crippen molar-refractivity contribution in [2.75, 3.05) is 36.2 Å². The van der Waals surface area contributed by atoms with Gasteiger partial charge in [-0.1, -0.05) is 6.07 Å². The van der Waals surface area contributed by atoms with E-state index in [-0.39, 0.29) is 6.79 Å². The number of rotatable bonds is 8. The molecule has 0 aliphatic carbocycles. The van der Waals surface area contributed by atoms with E-state index in [0.29, 0.717) is 46.3 Å². The van der Waals surface area contributed by atoms with Crippen LogP contribution in [0.4, 0.5) is 23.0 Å². The largest absolute Gasteiger partial charge is 0.454 e.